The van der Waals surface area contributed by atoms with E-state index in [-0.39, 0.29) is 19.0 Å². The number of benzene rings is 1. The number of hydrogen-bond acceptors (Lipinski definition) is 6. The van der Waals surface area contributed by atoms with E-state index in [1.165, 1.54) is 0 Å². The van der Waals surface area contributed by atoms with Crippen molar-refractivity contribution in [1.29, 1.82) is 0 Å². The lowest BCUT2D eigenvalue weighted by Crippen LogP contribution is -2.28. The van der Waals surface area contributed by atoms with Gasteiger partial charge in [-0.1, -0.05) is 36.7 Å². The number of rotatable bonds is 4. The molecule has 0 saturated heterocycles. The molecule has 1 N–H and O–H groups in total. The Morgan fingerprint density at radius 2 is 2.16 bits per heavy atom. The predicted molar refractivity (Wildman–Crippen MR) is 90.7 cm³/mol. The van der Waals surface area contributed by atoms with Gasteiger partial charge in [0, 0.05) is 5.02 Å². The number of halogens is 1. The van der Waals surface area contributed by atoms with Crippen LogP contribution in [0.5, 0.6) is 0 Å². The first kappa shape index (κ1) is 17.4. The van der Waals surface area contributed by atoms with Gasteiger partial charge in [0.05, 0.1) is 29.5 Å². The maximum Gasteiger partial charge on any atom is 0.513 e. The van der Waals surface area contributed by atoms with Crippen molar-refractivity contribution < 1.29 is 23.8 Å². The Hall–Kier alpha value is -2.47. The van der Waals surface area contributed by atoms with Crippen LogP contribution in [0, 0.1) is 0 Å². The molecule has 2 aliphatic heterocycles. The highest BCUT2D eigenvalue weighted by molar-refractivity contribution is 6.31. The van der Waals surface area contributed by atoms with Crippen LogP contribution in [-0.4, -0.2) is 25.3 Å². The van der Waals surface area contributed by atoms with Gasteiger partial charge in [-0.15, -0.1) is 0 Å². The van der Waals surface area contributed by atoms with E-state index in [2.05, 4.69) is 5.32 Å². The molecule has 1 aromatic rings. The molecule has 3 rings (SSSR count). The molecule has 1 aromatic carbocycles. The summed E-state index contributed by atoms with van der Waals surface area (Å²) in [5.41, 5.74) is 2.32. The lowest BCUT2D eigenvalue weighted by Gasteiger charge is -2.28. The fourth-order valence-corrected chi connectivity index (χ4v) is 3.14. The Morgan fingerprint density at radius 1 is 1.40 bits per heavy atom. The molecule has 25 heavy (non-hydrogen) atoms. The number of carbonyl (C=O) groups is 2. The Balaban J connectivity index is 2.02. The second-order valence-electron chi connectivity index (χ2n) is 5.74. The summed E-state index contributed by atoms with van der Waals surface area (Å²) in [7, 11) is 0. The third kappa shape index (κ3) is 3.35. The lowest BCUT2D eigenvalue weighted by atomic mass is 9.85. The van der Waals surface area contributed by atoms with Crippen LogP contribution in [0.1, 0.15) is 31.7 Å². The zero-order valence-corrected chi connectivity index (χ0v) is 14.7. The van der Waals surface area contributed by atoms with Crippen molar-refractivity contribution in [3.8, 4) is 0 Å². The molecule has 6 nitrogen and oxygen atoms in total. The molecule has 0 amide bonds. The Morgan fingerprint density at radius 3 is 2.88 bits per heavy atom. The Kier molecular flexibility index (Phi) is 4.99. The van der Waals surface area contributed by atoms with Crippen molar-refractivity contribution in [2.45, 2.75) is 26.2 Å². The minimum absolute atomic E-state index is 0.153. The molecule has 0 aliphatic carbocycles. The van der Waals surface area contributed by atoms with Gasteiger partial charge < -0.3 is 19.5 Å². The van der Waals surface area contributed by atoms with Gasteiger partial charge in [0.15, 0.2) is 0 Å². The lowest BCUT2D eigenvalue weighted by molar-refractivity contribution is -0.136. The van der Waals surface area contributed by atoms with E-state index in [1.807, 2.05) is 13.0 Å². The zero-order chi connectivity index (χ0) is 18.0. The number of ether oxygens (including phenoxy) is 3. The Labute approximate surface area is 150 Å². The standard InChI is InChI=1S/C18H18ClNO5/c1-3-8-23-18(22)25-16-10(2)20-13-9-24-17(21)15(13)14(16)11-6-4-5-7-12(11)19/h4-7,14,20H,3,8-9H2,1-2H3. The maximum absolute atomic E-state index is 12.3. The van der Waals surface area contributed by atoms with E-state index in [0.29, 0.717) is 34.0 Å². The summed E-state index contributed by atoms with van der Waals surface area (Å²) in [6, 6.07) is 7.12. The van der Waals surface area contributed by atoms with Gasteiger partial charge in [-0.05, 0) is 25.0 Å². The second kappa shape index (κ2) is 7.19. The molecule has 2 aliphatic rings. The number of dihydropyridines is 1. The third-order valence-electron chi connectivity index (χ3n) is 3.99. The summed E-state index contributed by atoms with van der Waals surface area (Å²) < 4.78 is 15.6. The van der Waals surface area contributed by atoms with Gasteiger partial charge in [-0.3, -0.25) is 0 Å². The average molecular weight is 364 g/mol. The second-order valence-corrected chi connectivity index (χ2v) is 6.14. The summed E-state index contributed by atoms with van der Waals surface area (Å²) in [6.07, 6.45) is -0.133. The monoisotopic (exact) mass is 363 g/mol. The molecule has 0 spiro atoms. The Bertz CT molecular complexity index is 783. The van der Waals surface area contributed by atoms with Crippen molar-refractivity contribution in [3.05, 3.63) is 57.6 Å². The highest BCUT2D eigenvalue weighted by atomic mass is 35.5. The number of carbonyl (C=O) groups excluding carboxylic acids is 2. The van der Waals surface area contributed by atoms with Crippen LogP contribution in [0.2, 0.25) is 5.02 Å². The minimum atomic E-state index is -0.814. The van der Waals surface area contributed by atoms with E-state index in [0.717, 1.165) is 0 Å². The van der Waals surface area contributed by atoms with Gasteiger partial charge in [0.2, 0.25) is 0 Å². The zero-order valence-electron chi connectivity index (χ0n) is 13.9. The van der Waals surface area contributed by atoms with Crippen LogP contribution in [-0.2, 0) is 19.0 Å². The van der Waals surface area contributed by atoms with E-state index >= 15 is 0 Å². The summed E-state index contributed by atoms with van der Waals surface area (Å²) in [4.78, 5) is 24.2. The van der Waals surface area contributed by atoms with E-state index in [9.17, 15) is 9.59 Å². The molecule has 0 fully saturated rings. The topological polar surface area (TPSA) is 73.9 Å². The quantitative estimate of drug-likeness (QED) is 0.823. The maximum atomic E-state index is 12.3. The van der Waals surface area contributed by atoms with E-state index in [1.54, 1.807) is 25.1 Å². The number of allylic oxidation sites excluding steroid dienone is 2. The molecule has 0 bridgehead atoms. The van der Waals surface area contributed by atoms with Crippen LogP contribution in [0.4, 0.5) is 4.79 Å². The molecule has 132 valence electrons. The fraction of sp³-hybridized carbons (Fsp3) is 0.333. The van der Waals surface area contributed by atoms with Crippen LogP contribution >= 0.6 is 11.6 Å². The summed E-state index contributed by atoms with van der Waals surface area (Å²) in [5.74, 6) is -0.802. The van der Waals surface area contributed by atoms with Gasteiger partial charge in [0.25, 0.3) is 0 Å². The smallest absolute Gasteiger partial charge is 0.456 e. The first-order valence-corrected chi connectivity index (χ1v) is 8.37. The van der Waals surface area contributed by atoms with Crippen molar-refractivity contribution in [2.24, 2.45) is 0 Å². The van der Waals surface area contributed by atoms with Crippen molar-refractivity contribution in [3.63, 3.8) is 0 Å². The number of hydrogen-bond donors (Lipinski definition) is 1. The molecule has 0 saturated carbocycles. The molecule has 0 radical (unpaired) electrons. The molecule has 7 heteroatoms. The van der Waals surface area contributed by atoms with Crippen LogP contribution in [0.25, 0.3) is 0 Å². The fourth-order valence-electron chi connectivity index (χ4n) is 2.89. The molecule has 2 heterocycles. The van der Waals surface area contributed by atoms with E-state index in [4.69, 9.17) is 25.8 Å². The molecular weight excluding hydrogens is 346 g/mol. The van der Waals surface area contributed by atoms with Gasteiger partial charge in [0.1, 0.15) is 12.4 Å². The largest absolute Gasteiger partial charge is 0.513 e. The summed E-state index contributed by atoms with van der Waals surface area (Å²) >= 11 is 6.34. The molecule has 1 unspecified atom stereocenters. The number of nitrogens with one attached hydrogen (secondary N) is 1. The average Bonchev–Trinajstić information content (AvgIpc) is 2.95. The van der Waals surface area contributed by atoms with Crippen LogP contribution in [0.3, 0.4) is 0 Å². The normalized spacial score (nSPS) is 19.3. The SMILES string of the molecule is CCCOC(=O)OC1=C(C)NC2=C(C(=O)OC2)C1c1ccccc1Cl. The van der Waals surface area contributed by atoms with E-state index < -0.39 is 18.0 Å². The summed E-state index contributed by atoms with van der Waals surface area (Å²) in [5, 5.41) is 3.55. The number of cyclic esters (lactones) is 1. The van der Waals surface area contributed by atoms with Gasteiger partial charge in [-0.25, -0.2) is 9.59 Å². The van der Waals surface area contributed by atoms with Crippen LogP contribution < -0.4 is 5.32 Å². The number of esters is 1. The van der Waals surface area contributed by atoms with Crippen molar-refractivity contribution in [2.75, 3.05) is 13.2 Å². The molecular formula is C18H18ClNO5. The predicted octanol–water partition coefficient (Wildman–Crippen LogP) is 3.63. The van der Waals surface area contributed by atoms with Crippen LogP contribution in [0.15, 0.2) is 47.0 Å². The molecule has 0 aromatic heterocycles. The van der Waals surface area contributed by atoms with Crippen molar-refractivity contribution in [1.82, 2.24) is 5.32 Å². The van der Waals surface area contributed by atoms with Gasteiger partial charge in [-0.2, -0.15) is 0 Å². The molecule has 1 atom stereocenters. The first-order chi connectivity index (χ1) is 12.0. The van der Waals surface area contributed by atoms with Gasteiger partial charge >= 0.3 is 12.1 Å². The first-order valence-electron chi connectivity index (χ1n) is 8.00. The highest BCUT2D eigenvalue weighted by Crippen LogP contribution is 2.43. The third-order valence-corrected chi connectivity index (χ3v) is 4.33. The minimum Gasteiger partial charge on any atom is -0.456 e. The highest BCUT2D eigenvalue weighted by Gasteiger charge is 2.41. The van der Waals surface area contributed by atoms with Crippen molar-refractivity contribution >= 4 is 23.7 Å². The summed E-state index contributed by atoms with van der Waals surface area (Å²) in [6.45, 7) is 4.06.